The Kier molecular flexibility index (Phi) is 8.23. The quantitative estimate of drug-likeness (QED) is 0.586. The van der Waals surface area contributed by atoms with Crippen LogP contribution in [0.25, 0.3) is 0 Å². The Morgan fingerprint density at radius 3 is 2.40 bits per heavy atom. The van der Waals surface area contributed by atoms with Gasteiger partial charge in [-0.1, -0.05) is 32.8 Å². The molecule has 0 saturated carbocycles. The van der Waals surface area contributed by atoms with E-state index >= 15 is 0 Å². The monoisotopic (exact) mass is 313 g/mol. The van der Waals surface area contributed by atoms with E-state index in [0.717, 1.165) is 12.2 Å². The van der Waals surface area contributed by atoms with Crippen molar-refractivity contribution >= 4 is 24.0 Å². The highest BCUT2D eigenvalue weighted by atomic mass is 32.1. The van der Waals surface area contributed by atoms with Crippen molar-refractivity contribution in [1.29, 1.82) is 0 Å². The Bertz CT molecular complexity index is 342. The molecule has 0 aromatic carbocycles. The fourth-order valence-corrected chi connectivity index (χ4v) is 4.36. The summed E-state index contributed by atoms with van der Waals surface area (Å²) >= 11 is 6.55. The van der Waals surface area contributed by atoms with Crippen LogP contribution >= 0.6 is 24.0 Å². The van der Waals surface area contributed by atoms with E-state index in [9.17, 15) is 0 Å². The number of thiol groups is 1. The van der Waals surface area contributed by atoms with E-state index in [1.54, 1.807) is 0 Å². The summed E-state index contributed by atoms with van der Waals surface area (Å²) in [7, 11) is 2.28. The summed E-state index contributed by atoms with van der Waals surface area (Å²) in [6.45, 7) is 8.11. The van der Waals surface area contributed by atoms with Crippen LogP contribution < -0.4 is 0 Å². The molecule has 0 N–H and O–H groups in total. The van der Waals surface area contributed by atoms with Crippen molar-refractivity contribution in [3.8, 4) is 0 Å². The second-order valence-corrected chi connectivity index (χ2v) is 7.55. The van der Waals surface area contributed by atoms with Gasteiger partial charge in [0.2, 0.25) is 0 Å². The van der Waals surface area contributed by atoms with Crippen molar-refractivity contribution in [1.82, 2.24) is 4.90 Å². The molecule has 20 heavy (non-hydrogen) atoms. The maximum Gasteiger partial charge on any atom is 0.0112 e. The van der Waals surface area contributed by atoms with Crippen LogP contribution in [0.3, 0.4) is 0 Å². The van der Waals surface area contributed by atoms with Crippen LogP contribution in [0, 0.1) is 5.41 Å². The molecule has 0 aliphatic rings. The van der Waals surface area contributed by atoms with Crippen LogP contribution in [-0.4, -0.2) is 30.3 Å². The molecule has 0 saturated heterocycles. The summed E-state index contributed by atoms with van der Waals surface area (Å²) in [5.74, 6) is 1.00. The minimum absolute atomic E-state index is 0.394. The number of rotatable bonds is 10. The van der Waals surface area contributed by atoms with Gasteiger partial charge < -0.3 is 4.90 Å². The van der Waals surface area contributed by atoms with E-state index < -0.39 is 0 Å². The molecule has 0 bridgehead atoms. The van der Waals surface area contributed by atoms with E-state index in [1.165, 1.54) is 37.1 Å². The molecule has 0 aliphatic carbocycles. The van der Waals surface area contributed by atoms with Crippen molar-refractivity contribution in [2.45, 2.75) is 58.9 Å². The van der Waals surface area contributed by atoms with Gasteiger partial charge in [-0.15, -0.1) is 11.3 Å². The summed E-state index contributed by atoms with van der Waals surface area (Å²) in [4.78, 5) is 4.04. The SMILES string of the molecule is CCCC(CS)(CCC)CN(C)C(C)Cc1cccs1. The maximum atomic E-state index is 4.68. The number of thiophene rings is 1. The van der Waals surface area contributed by atoms with Crippen molar-refractivity contribution < 1.29 is 0 Å². The molecule has 0 amide bonds. The minimum atomic E-state index is 0.394. The summed E-state index contributed by atoms with van der Waals surface area (Å²) in [5, 5.41) is 2.17. The van der Waals surface area contributed by atoms with Gasteiger partial charge in [-0.2, -0.15) is 12.6 Å². The highest BCUT2D eigenvalue weighted by molar-refractivity contribution is 7.80. The van der Waals surface area contributed by atoms with Gasteiger partial charge in [0.05, 0.1) is 0 Å². The zero-order valence-corrected chi connectivity index (χ0v) is 15.3. The molecular weight excluding hydrogens is 282 g/mol. The second-order valence-electron chi connectivity index (χ2n) is 6.21. The van der Waals surface area contributed by atoms with Crippen LogP contribution in [0.2, 0.25) is 0 Å². The summed E-state index contributed by atoms with van der Waals surface area (Å²) in [5.41, 5.74) is 0.394. The number of likely N-dealkylation sites (N-methyl/N-ethyl adjacent to an activating group) is 1. The molecule has 1 atom stereocenters. The van der Waals surface area contributed by atoms with Gasteiger partial charge >= 0.3 is 0 Å². The fraction of sp³-hybridized carbons (Fsp3) is 0.765. The van der Waals surface area contributed by atoms with Gasteiger partial charge in [-0.25, -0.2) is 0 Å². The van der Waals surface area contributed by atoms with E-state index in [4.69, 9.17) is 0 Å². The molecule has 3 heteroatoms. The summed E-state index contributed by atoms with van der Waals surface area (Å²) in [6.07, 6.45) is 6.26. The normalized spacial score (nSPS) is 13.9. The molecule has 0 aliphatic heterocycles. The van der Waals surface area contributed by atoms with Gasteiger partial charge in [-0.3, -0.25) is 0 Å². The first kappa shape index (κ1) is 18.1. The summed E-state index contributed by atoms with van der Waals surface area (Å²) in [6, 6.07) is 5.00. The smallest absolute Gasteiger partial charge is 0.0112 e. The van der Waals surface area contributed by atoms with Gasteiger partial charge in [0.15, 0.2) is 0 Å². The lowest BCUT2D eigenvalue weighted by atomic mass is 9.80. The van der Waals surface area contributed by atoms with Crippen LogP contribution in [0.1, 0.15) is 51.3 Å². The molecule has 1 aromatic heterocycles. The van der Waals surface area contributed by atoms with Crippen LogP contribution in [-0.2, 0) is 6.42 Å². The lowest BCUT2D eigenvalue weighted by molar-refractivity contribution is 0.139. The van der Waals surface area contributed by atoms with Crippen LogP contribution in [0.4, 0.5) is 0 Å². The van der Waals surface area contributed by atoms with Crippen molar-refractivity contribution in [2.75, 3.05) is 19.3 Å². The molecule has 0 spiro atoms. The molecular formula is C17H31NS2. The van der Waals surface area contributed by atoms with Gasteiger partial charge in [0.25, 0.3) is 0 Å². The van der Waals surface area contributed by atoms with E-state index in [-0.39, 0.29) is 0 Å². The topological polar surface area (TPSA) is 3.24 Å². The molecule has 1 nitrogen and oxygen atoms in total. The molecule has 1 unspecified atom stereocenters. The highest BCUT2D eigenvalue weighted by Gasteiger charge is 2.29. The molecule has 1 heterocycles. The lowest BCUT2D eigenvalue weighted by Gasteiger charge is -2.38. The van der Waals surface area contributed by atoms with Crippen LogP contribution in [0.5, 0.6) is 0 Å². The maximum absolute atomic E-state index is 4.68. The zero-order valence-electron chi connectivity index (χ0n) is 13.6. The lowest BCUT2D eigenvalue weighted by Crippen LogP contribution is -2.42. The number of hydrogen-bond acceptors (Lipinski definition) is 3. The van der Waals surface area contributed by atoms with Crippen LogP contribution in [0.15, 0.2) is 17.5 Å². The fourth-order valence-electron chi connectivity index (χ4n) is 3.11. The van der Waals surface area contributed by atoms with Gasteiger partial charge in [-0.05, 0) is 55.8 Å². The predicted octanol–water partition coefficient (Wildman–Crippen LogP) is 5.13. The third-order valence-electron chi connectivity index (χ3n) is 4.31. The average molecular weight is 314 g/mol. The Labute approximate surface area is 135 Å². The summed E-state index contributed by atoms with van der Waals surface area (Å²) < 4.78 is 0. The molecule has 0 radical (unpaired) electrons. The standard InChI is InChI=1S/C17H31NS2/c1-5-9-17(14-19,10-6-2)13-18(4)15(3)12-16-8-7-11-20-16/h7-8,11,15,19H,5-6,9-10,12-14H2,1-4H3. The Hall–Kier alpha value is 0.01000. The Morgan fingerprint density at radius 1 is 1.30 bits per heavy atom. The molecule has 116 valence electrons. The predicted molar refractivity (Wildman–Crippen MR) is 96.2 cm³/mol. The van der Waals surface area contributed by atoms with Crippen molar-refractivity contribution in [3.05, 3.63) is 22.4 Å². The molecule has 0 fully saturated rings. The first-order chi connectivity index (χ1) is 9.56. The number of hydrogen-bond donors (Lipinski definition) is 1. The van der Waals surface area contributed by atoms with E-state index in [0.29, 0.717) is 11.5 Å². The first-order valence-electron chi connectivity index (χ1n) is 7.90. The van der Waals surface area contributed by atoms with Crippen molar-refractivity contribution in [2.24, 2.45) is 5.41 Å². The van der Waals surface area contributed by atoms with Crippen molar-refractivity contribution in [3.63, 3.8) is 0 Å². The molecule has 1 aromatic rings. The Morgan fingerprint density at radius 2 is 1.95 bits per heavy atom. The van der Waals surface area contributed by atoms with E-state index in [2.05, 4.69) is 62.9 Å². The number of nitrogens with zero attached hydrogens (tertiary/aromatic N) is 1. The highest BCUT2D eigenvalue weighted by Crippen LogP contribution is 2.33. The molecule has 1 rings (SSSR count). The van der Waals surface area contributed by atoms with Gasteiger partial charge in [0.1, 0.15) is 0 Å². The third kappa shape index (κ3) is 5.42. The zero-order chi connectivity index (χ0) is 15.0. The first-order valence-corrected chi connectivity index (χ1v) is 9.41. The Balaban J connectivity index is 2.61. The third-order valence-corrected chi connectivity index (χ3v) is 5.88. The van der Waals surface area contributed by atoms with E-state index in [1.807, 2.05) is 11.3 Å². The van der Waals surface area contributed by atoms with Gasteiger partial charge in [0, 0.05) is 17.5 Å². The minimum Gasteiger partial charge on any atom is -0.303 e. The largest absolute Gasteiger partial charge is 0.303 e. The second kappa shape index (κ2) is 9.11. The average Bonchev–Trinajstić information content (AvgIpc) is 2.92.